The van der Waals surface area contributed by atoms with E-state index in [-0.39, 0.29) is 5.91 Å². The zero-order valence-electron chi connectivity index (χ0n) is 10.2. The van der Waals surface area contributed by atoms with Gasteiger partial charge in [0.25, 0.3) is 0 Å². The maximum Gasteiger partial charge on any atom is 0.237 e. The Morgan fingerprint density at radius 2 is 1.94 bits per heavy atom. The van der Waals surface area contributed by atoms with E-state index < -0.39 is 5.54 Å². The van der Waals surface area contributed by atoms with E-state index in [2.05, 4.69) is 0 Å². The lowest BCUT2D eigenvalue weighted by Gasteiger charge is -2.37. The van der Waals surface area contributed by atoms with Gasteiger partial charge in [-0.3, -0.25) is 4.79 Å². The molecule has 1 saturated heterocycles. The molecule has 0 aromatic carbocycles. The van der Waals surface area contributed by atoms with Gasteiger partial charge in [-0.05, 0) is 38.5 Å². The predicted molar refractivity (Wildman–Crippen MR) is 69.8 cm³/mol. The van der Waals surface area contributed by atoms with Crippen molar-refractivity contribution in [3.05, 3.63) is 0 Å². The SMILES string of the molecule is NC(=O)C1(N)CCCC(SC2CCOCC2)C1. The molecule has 1 heterocycles. The van der Waals surface area contributed by atoms with Crippen LogP contribution in [0, 0.1) is 0 Å². The first kappa shape index (κ1) is 13.2. The summed E-state index contributed by atoms with van der Waals surface area (Å²) in [7, 11) is 0. The van der Waals surface area contributed by atoms with Gasteiger partial charge in [0.2, 0.25) is 5.91 Å². The minimum atomic E-state index is -0.763. The molecule has 0 spiro atoms. The van der Waals surface area contributed by atoms with Gasteiger partial charge in [0.1, 0.15) is 0 Å². The van der Waals surface area contributed by atoms with Gasteiger partial charge >= 0.3 is 0 Å². The fourth-order valence-electron chi connectivity index (χ4n) is 2.68. The van der Waals surface area contributed by atoms with E-state index in [1.165, 1.54) is 0 Å². The van der Waals surface area contributed by atoms with E-state index >= 15 is 0 Å². The second kappa shape index (κ2) is 5.59. The molecule has 0 bridgehead atoms. The van der Waals surface area contributed by atoms with Crippen molar-refractivity contribution in [3.63, 3.8) is 0 Å². The second-order valence-corrected chi connectivity index (χ2v) is 6.79. The van der Waals surface area contributed by atoms with Crippen molar-refractivity contribution in [1.82, 2.24) is 0 Å². The fraction of sp³-hybridized carbons (Fsp3) is 0.917. The molecule has 0 aromatic rings. The summed E-state index contributed by atoms with van der Waals surface area (Å²) in [6, 6.07) is 0. The summed E-state index contributed by atoms with van der Waals surface area (Å²) in [6.45, 7) is 1.74. The van der Waals surface area contributed by atoms with Crippen molar-refractivity contribution in [2.24, 2.45) is 11.5 Å². The first-order chi connectivity index (χ1) is 8.10. The molecule has 2 rings (SSSR count). The molecule has 4 N–H and O–H groups in total. The van der Waals surface area contributed by atoms with E-state index in [1.54, 1.807) is 0 Å². The number of carbonyl (C=O) groups is 1. The molecule has 1 aliphatic heterocycles. The molecule has 1 amide bonds. The summed E-state index contributed by atoms with van der Waals surface area (Å²) in [5.74, 6) is -0.338. The highest BCUT2D eigenvalue weighted by Gasteiger charge is 2.38. The summed E-state index contributed by atoms with van der Waals surface area (Å²) in [5, 5.41) is 1.16. The lowest BCUT2D eigenvalue weighted by Crippen LogP contribution is -2.55. The van der Waals surface area contributed by atoms with Crippen LogP contribution >= 0.6 is 11.8 Å². The van der Waals surface area contributed by atoms with Gasteiger partial charge in [-0.1, -0.05) is 0 Å². The van der Waals surface area contributed by atoms with Crippen molar-refractivity contribution in [2.75, 3.05) is 13.2 Å². The summed E-state index contributed by atoms with van der Waals surface area (Å²) in [5.41, 5.74) is 10.7. The van der Waals surface area contributed by atoms with E-state index in [0.717, 1.165) is 51.7 Å². The Morgan fingerprint density at radius 3 is 2.59 bits per heavy atom. The smallest absolute Gasteiger partial charge is 0.237 e. The maximum atomic E-state index is 11.4. The zero-order valence-corrected chi connectivity index (χ0v) is 11.0. The molecule has 0 radical (unpaired) electrons. The Balaban J connectivity index is 1.86. The quantitative estimate of drug-likeness (QED) is 0.792. The van der Waals surface area contributed by atoms with E-state index in [9.17, 15) is 4.79 Å². The molecular formula is C12H22N2O2S. The predicted octanol–water partition coefficient (Wildman–Crippen LogP) is 1.02. The molecule has 2 atom stereocenters. The molecule has 2 unspecified atom stereocenters. The number of rotatable bonds is 3. The van der Waals surface area contributed by atoms with Crippen LogP contribution in [0.2, 0.25) is 0 Å². The van der Waals surface area contributed by atoms with Crippen molar-refractivity contribution in [1.29, 1.82) is 0 Å². The highest BCUT2D eigenvalue weighted by Crippen LogP contribution is 2.37. The molecular weight excluding hydrogens is 236 g/mol. The lowest BCUT2D eigenvalue weighted by molar-refractivity contribution is -0.124. The summed E-state index contributed by atoms with van der Waals surface area (Å²) < 4.78 is 5.36. The van der Waals surface area contributed by atoms with E-state index in [0.29, 0.717) is 10.5 Å². The van der Waals surface area contributed by atoms with Crippen LogP contribution in [-0.4, -0.2) is 35.2 Å². The molecule has 2 aliphatic rings. The van der Waals surface area contributed by atoms with E-state index in [4.69, 9.17) is 16.2 Å². The molecule has 4 nitrogen and oxygen atoms in total. The van der Waals surface area contributed by atoms with Crippen LogP contribution in [0.25, 0.3) is 0 Å². The molecule has 5 heteroatoms. The Kier molecular flexibility index (Phi) is 4.33. The average molecular weight is 258 g/mol. The number of primary amides is 1. The number of nitrogens with two attached hydrogens (primary N) is 2. The summed E-state index contributed by atoms with van der Waals surface area (Å²) in [6.07, 6.45) is 5.90. The number of carbonyl (C=O) groups excluding carboxylic acids is 1. The van der Waals surface area contributed by atoms with Gasteiger partial charge in [-0.2, -0.15) is 11.8 Å². The molecule has 1 aliphatic carbocycles. The minimum absolute atomic E-state index is 0.338. The molecule has 2 fully saturated rings. The Labute approximate surface area is 107 Å². The zero-order chi connectivity index (χ0) is 12.3. The van der Waals surface area contributed by atoms with Crippen LogP contribution in [0.1, 0.15) is 38.5 Å². The Bertz CT molecular complexity index is 282. The third kappa shape index (κ3) is 3.36. The van der Waals surface area contributed by atoms with Crippen LogP contribution in [-0.2, 0) is 9.53 Å². The van der Waals surface area contributed by atoms with Gasteiger partial charge < -0.3 is 16.2 Å². The Morgan fingerprint density at radius 1 is 1.24 bits per heavy atom. The molecule has 0 aromatic heterocycles. The number of hydrogen-bond acceptors (Lipinski definition) is 4. The second-order valence-electron chi connectivity index (χ2n) is 5.19. The molecule has 17 heavy (non-hydrogen) atoms. The van der Waals surface area contributed by atoms with Gasteiger partial charge in [-0.25, -0.2) is 0 Å². The molecule has 1 saturated carbocycles. The van der Waals surface area contributed by atoms with Crippen LogP contribution in [0.4, 0.5) is 0 Å². The third-order valence-electron chi connectivity index (χ3n) is 3.78. The van der Waals surface area contributed by atoms with Crippen molar-refractivity contribution in [2.45, 2.75) is 54.6 Å². The van der Waals surface area contributed by atoms with Crippen LogP contribution < -0.4 is 11.5 Å². The number of ether oxygens (including phenoxy) is 1. The van der Waals surface area contributed by atoms with Crippen LogP contribution in [0.5, 0.6) is 0 Å². The highest BCUT2D eigenvalue weighted by atomic mass is 32.2. The largest absolute Gasteiger partial charge is 0.381 e. The highest BCUT2D eigenvalue weighted by molar-refractivity contribution is 8.00. The number of amides is 1. The summed E-state index contributed by atoms with van der Waals surface area (Å²) >= 11 is 1.99. The van der Waals surface area contributed by atoms with Gasteiger partial charge in [0.15, 0.2) is 0 Å². The maximum absolute atomic E-state index is 11.4. The topological polar surface area (TPSA) is 78.3 Å². The summed E-state index contributed by atoms with van der Waals surface area (Å²) in [4.78, 5) is 11.4. The van der Waals surface area contributed by atoms with Gasteiger partial charge in [-0.15, -0.1) is 0 Å². The first-order valence-corrected chi connectivity index (χ1v) is 7.36. The van der Waals surface area contributed by atoms with Crippen LogP contribution in [0.15, 0.2) is 0 Å². The minimum Gasteiger partial charge on any atom is -0.381 e. The Hall–Kier alpha value is -0.260. The molecule has 98 valence electrons. The fourth-order valence-corrected chi connectivity index (χ4v) is 4.39. The van der Waals surface area contributed by atoms with Gasteiger partial charge in [0.05, 0.1) is 5.54 Å². The van der Waals surface area contributed by atoms with E-state index in [1.807, 2.05) is 11.8 Å². The number of thioether (sulfide) groups is 1. The average Bonchev–Trinajstić information content (AvgIpc) is 2.30. The monoisotopic (exact) mass is 258 g/mol. The van der Waals surface area contributed by atoms with Crippen molar-refractivity contribution < 1.29 is 9.53 Å². The lowest BCUT2D eigenvalue weighted by atomic mass is 9.82. The van der Waals surface area contributed by atoms with Crippen LogP contribution in [0.3, 0.4) is 0 Å². The first-order valence-electron chi connectivity index (χ1n) is 6.42. The normalized spacial score (nSPS) is 35.7. The van der Waals surface area contributed by atoms with Crippen molar-refractivity contribution >= 4 is 17.7 Å². The van der Waals surface area contributed by atoms with Gasteiger partial charge in [0, 0.05) is 23.7 Å². The number of hydrogen-bond donors (Lipinski definition) is 2. The third-order valence-corrected chi connectivity index (χ3v) is 5.43. The standard InChI is InChI=1S/C12H22N2O2S/c13-11(15)12(14)5-1-2-10(8-12)17-9-3-6-16-7-4-9/h9-10H,1-8,14H2,(H2,13,15). The van der Waals surface area contributed by atoms with Crippen molar-refractivity contribution in [3.8, 4) is 0 Å².